The van der Waals surface area contributed by atoms with Crippen molar-refractivity contribution >= 4 is 33.0 Å². The summed E-state index contributed by atoms with van der Waals surface area (Å²) in [4.78, 5) is 15.3. The molecule has 0 amide bonds. The van der Waals surface area contributed by atoms with Gasteiger partial charge in [0.2, 0.25) is 0 Å². The summed E-state index contributed by atoms with van der Waals surface area (Å²) in [6.07, 6.45) is 0.927. The van der Waals surface area contributed by atoms with Crippen LogP contribution in [-0.4, -0.2) is 27.2 Å². The molecular formula is C17H18N2O4S2. The number of carbonyl (C=O) groups is 1. The molecule has 0 spiro atoms. The van der Waals surface area contributed by atoms with Crippen molar-refractivity contribution in [1.29, 1.82) is 0 Å². The van der Waals surface area contributed by atoms with Crippen molar-refractivity contribution in [1.82, 2.24) is 4.83 Å². The number of nitrogens with one attached hydrogen (secondary N) is 1. The van der Waals surface area contributed by atoms with Crippen molar-refractivity contribution in [3.05, 3.63) is 51.7 Å². The largest absolute Gasteiger partial charge is 0.469 e. The first-order valence-electron chi connectivity index (χ1n) is 7.70. The molecule has 8 heteroatoms. The average molecular weight is 378 g/mol. The number of methoxy groups -OCH3 is 1. The third-order valence-corrected chi connectivity index (χ3v) is 6.26. The van der Waals surface area contributed by atoms with Gasteiger partial charge < -0.3 is 4.74 Å². The number of hydrogen-bond donors (Lipinski definition) is 1. The third kappa shape index (κ3) is 3.74. The van der Waals surface area contributed by atoms with Crippen molar-refractivity contribution in [3.8, 4) is 0 Å². The van der Waals surface area contributed by atoms with E-state index in [1.165, 1.54) is 30.6 Å². The highest BCUT2D eigenvalue weighted by Gasteiger charge is 2.30. The van der Waals surface area contributed by atoms with Gasteiger partial charge in [-0.15, -0.1) is 11.3 Å². The summed E-state index contributed by atoms with van der Waals surface area (Å²) in [7, 11) is -2.41. The van der Waals surface area contributed by atoms with Crippen molar-refractivity contribution < 1.29 is 17.9 Å². The number of aryl methyl sites for hydroxylation is 1. The van der Waals surface area contributed by atoms with E-state index in [0.29, 0.717) is 18.6 Å². The van der Waals surface area contributed by atoms with E-state index >= 15 is 0 Å². The molecule has 0 saturated carbocycles. The van der Waals surface area contributed by atoms with Gasteiger partial charge in [0.05, 0.1) is 23.6 Å². The Kier molecular flexibility index (Phi) is 4.91. The Morgan fingerprint density at radius 1 is 1.24 bits per heavy atom. The molecule has 0 radical (unpaired) electrons. The highest BCUT2D eigenvalue weighted by Crippen LogP contribution is 2.30. The first kappa shape index (κ1) is 17.6. The summed E-state index contributed by atoms with van der Waals surface area (Å²) in [6.45, 7) is 1.89. The number of carbonyl (C=O) groups excluding carboxylic acids is 1. The fourth-order valence-electron chi connectivity index (χ4n) is 2.72. The smallest absolute Gasteiger partial charge is 0.309 e. The van der Waals surface area contributed by atoms with Gasteiger partial charge in [0, 0.05) is 16.9 Å². The standard InChI is InChI=1S/C17H18N2O4S2/c1-11-3-5-13(6-4-11)25(21,22)19-18-15-9-12(17(20)23-2)10-16-14(15)7-8-24-16/h3-8,12,19H,9-10H2,1-2H3/t12-/m1/s1. The summed E-state index contributed by atoms with van der Waals surface area (Å²) >= 11 is 1.53. The Morgan fingerprint density at radius 2 is 1.96 bits per heavy atom. The number of thiophene rings is 1. The molecule has 3 rings (SSSR count). The number of hydrazone groups is 1. The lowest BCUT2D eigenvalue weighted by Gasteiger charge is -2.21. The molecule has 1 N–H and O–H groups in total. The highest BCUT2D eigenvalue weighted by molar-refractivity contribution is 7.89. The van der Waals surface area contributed by atoms with Crippen molar-refractivity contribution in [2.45, 2.75) is 24.7 Å². The molecule has 1 atom stereocenters. The van der Waals surface area contributed by atoms with Crippen LogP contribution in [0, 0.1) is 12.8 Å². The number of ether oxygens (including phenoxy) is 1. The first-order valence-corrected chi connectivity index (χ1v) is 10.1. The maximum absolute atomic E-state index is 12.4. The molecule has 25 heavy (non-hydrogen) atoms. The summed E-state index contributed by atoms with van der Waals surface area (Å²) in [5.41, 5.74) is 2.41. The van der Waals surface area contributed by atoms with E-state index in [4.69, 9.17) is 4.74 Å². The molecule has 0 fully saturated rings. The Balaban J connectivity index is 1.87. The van der Waals surface area contributed by atoms with Crippen LogP contribution in [0.25, 0.3) is 0 Å². The predicted octanol–water partition coefficient (Wildman–Crippen LogP) is 2.47. The molecule has 0 aliphatic heterocycles. The maximum atomic E-state index is 12.4. The van der Waals surface area contributed by atoms with Crippen LogP contribution in [0.2, 0.25) is 0 Å². The number of fused-ring (bicyclic) bond motifs is 1. The Labute approximate surface area is 150 Å². The quantitative estimate of drug-likeness (QED) is 0.654. The maximum Gasteiger partial charge on any atom is 0.309 e. The topological polar surface area (TPSA) is 84.8 Å². The third-order valence-electron chi connectivity index (χ3n) is 4.09. The second kappa shape index (κ2) is 6.97. The van der Waals surface area contributed by atoms with Gasteiger partial charge in [-0.05, 0) is 36.9 Å². The van der Waals surface area contributed by atoms with Crippen LogP contribution in [-0.2, 0) is 26.0 Å². The molecule has 2 aromatic rings. The van der Waals surface area contributed by atoms with Gasteiger partial charge >= 0.3 is 5.97 Å². The van der Waals surface area contributed by atoms with E-state index in [0.717, 1.165) is 16.0 Å². The van der Waals surface area contributed by atoms with Crippen molar-refractivity contribution in [2.24, 2.45) is 11.0 Å². The first-order chi connectivity index (χ1) is 11.9. The minimum absolute atomic E-state index is 0.147. The molecule has 0 bridgehead atoms. The van der Waals surface area contributed by atoms with E-state index in [1.54, 1.807) is 12.1 Å². The van der Waals surface area contributed by atoms with Crippen LogP contribution < -0.4 is 4.83 Å². The lowest BCUT2D eigenvalue weighted by Crippen LogP contribution is -2.29. The van der Waals surface area contributed by atoms with Gasteiger partial charge in [-0.2, -0.15) is 18.4 Å². The molecule has 0 saturated heterocycles. The van der Waals surface area contributed by atoms with Crippen LogP contribution in [0.15, 0.2) is 45.7 Å². The molecule has 132 valence electrons. The summed E-state index contributed by atoms with van der Waals surface area (Å²) in [6, 6.07) is 8.42. The van der Waals surface area contributed by atoms with Gasteiger partial charge in [0.15, 0.2) is 0 Å². The van der Waals surface area contributed by atoms with Crippen molar-refractivity contribution in [3.63, 3.8) is 0 Å². The highest BCUT2D eigenvalue weighted by atomic mass is 32.2. The average Bonchev–Trinajstić information content (AvgIpc) is 3.08. The fraction of sp³-hybridized carbons (Fsp3) is 0.294. The summed E-state index contributed by atoms with van der Waals surface area (Å²) in [5, 5.41) is 6.02. The zero-order valence-electron chi connectivity index (χ0n) is 13.9. The second-order valence-corrected chi connectivity index (χ2v) is 8.51. The molecule has 6 nitrogen and oxygen atoms in total. The van der Waals surface area contributed by atoms with Crippen LogP contribution >= 0.6 is 11.3 Å². The van der Waals surface area contributed by atoms with Crippen molar-refractivity contribution in [2.75, 3.05) is 7.11 Å². The normalized spacial score (nSPS) is 18.6. The van der Waals surface area contributed by atoms with E-state index < -0.39 is 10.0 Å². The van der Waals surface area contributed by atoms with Crippen LogP contribution in [0.1, 0.15) is 22.4 Å². The monoisotopic (exact) mass is 378 g/mol. The molecule has 0 unspecified atom stereocenters. The Bertz CT molecular complexity index is 914. The zero-order valence-corrected chi connectivity index (χ0v) is 15.5. The minimum atomic E-state index is -3.76. The van der Waals surface area contributed by atoms with Gasteiger partial charge in [-0.25, -0.2) is 0 Å². The SMILES string of the molecule is COC(=O)[C@@H]1CC(=NNS(=O)(=O)c2ccc(C)cc2)c2ccsc2C1. The van der Waals surface area contributed by atoms with E-state index in [1.807, 2.05) is 18.4 Å². The predicted molar refractivity (Wildman–Crippen MR) is 96.2 cm³/mol. The Morgan fingerprint density at radius 3 is 2.64 bits per heavy atom. The number of esters is 1. The number of benzene rings is 1. The van der Waals surface area contributed by atoms with Gasteiger partial charge in [-0.1, -0.05) is 17.7 Å². The summed E-state index contributed by atoms with van der Waals surface area (Å²) < 4.78 is 29.6. The number of nitrogens with zero attached hydrogens (tertiary/aromatic N) is 1. The molecule has 1 aliphatic rings. The van der Waals surface area contributed by atoms with E-state index in [-0.39, 0.29) is 16.8 Å². The number of sulfonamides is 1. The van der Waals surface area contributed by atoms with E-state index in [2.05, 4.69) is 9.93 Å². The molecule has 1 heterocycles. The Hall–Kier alpha value is -2.19. The molecule has 1 aromatic carbocycles. The van der Waals surface area contributed by atoms with Gasteiger partial charge in [-0.3, -0.25) is 4.79 Å². The van der Waals surface area contributed by atoms with E-state index in [9.17, 15) is 13.2 Å². The van der Waals surface area contributed by atoms with Gasteiger partial charge in [0.1, 0.15) is 0 Å². The van der Waals surface area contributed by atoms with Crippen LogP contribution in [0.4, 0.5) is 0 Å². The summed E-state index contributed by atoms with van der Waals surface area (Å²) in [5.74, 6) is -0.660. The number of hydrogen-bond acceptors (Lipinski definition) is 6. The molecule has 1 aliphatic carbocycles. The fourth-order valence-corrected chi connectivity index (χ4v) is 4.53. The molecular weight excluding hydrogens is 360 g/mol. The zero-order chi connectivity index (χ0) is 18.0. The minimum Gasteiger partial charge on any atom is -0.469 e. The van der Waals surface area contributed by atoms with Crippen LogP contribution in [0.3, 0.4) is 0 Å². The lowest BCUT2D eigenvalue weighted by molar-refractivity contribution is -0.145. The molecule has 1 aromatic heterocycles. The van der Waals surface area contributed by atoms with Gasteiger partial charge in [0.25, 0.3) is 10.0 Å². The second-order valence-electron chi connectivity index (χ2n) is 5.85. The van der Waals surface area contributed by atoms with Crippen LogP contribution in [0.5, 0.6) is 0 Å². The lowest BCUT2D eigenvalue weighted by atomic mass is 9.87. The number of rotatable bonds is 4.